The Bertz CT molecular complexity index is 607. The van der Waals surface area contributed by atoms with Gasteiger partial charge in [-0.15, -0.1) is 0 Å². The van der Waals surface area contributed by atoms with Gasteiger partial charge in [-0.1, -0.05) is 23.8 Å². The fourth-order valence-electron chi connectivity index (χ4n) is 3.13. The maximum atomic E-state index is 4.70. The molecule has 0 radical (unpaired) electrons. The van der Waals surface area contributed by atoms with Gasteiger partial charge in [-0.3, -0.25) is 4.68 Å². The molecule has 1 N–H and O–H groups in total. The van der Waals surface area contributed by atoms with Crippen LogP contribution < -0.4 is 5.32 Å². The second-order valence-corrected chi connectivity index (χ2v) is 6.03. The van der Waals surface area contributed by atoms with Crippen molar-refractivity contribution in [2.45, 2.75) is 33.7 Å². The zero-order valence-electron chi connectivity index (χ0n) is 12.6. The number of hydrogen-bond donors (Lipinski definition) is 1. The second-order valence-electron chi connectivity index (χ2n) is 6.03. The minimum atomic E-state index is 0.723. The summed E-state index contributed by atoms with van der Waals surface area (Å²) in [5.74, 6) is 0.723. The van der Waals surface area contributed by atoms with Crippen molar-refractivity contribution < 1.29 is 0 Å². The molecule has 20 heavy (non-hydrogen) atoms. The predicted octanol–water partition coefficient (Wildman–Crippen LogP) is 3.08. The fraction of sp³-hybridized carbons (Fsp3) is 0.471. The van der Waals surface area contributed by atoms with Crippen molar-refractivity contribution in [2.75, 3.05) is 13.1 Å². The average Bonchev–Trinajstić information content (AvgIpc) is 3.00. The van der Waals surface area contributed by atoms with Crippen LogP contribution in [0, 0.1) is 26.7 Å². The predicted molar refractivity (Wildman–Crippen MR) is 82.9 cm³/mol. The summed E-state index contributed by atoms with van der Waals surface area (Å²) in [5, 5.41) is 8.12. The molecule has 3 nitrogen and oxygen atoms in total. The molecule has 1 aliphatic heterocycles. The van der Waals surface area contributed by atoms with Crippen LogP contribution in [0.15, 0.2) is 24.4 Å². The van der Waals surface area contributed by atoms with Gasteiger partial charge < -0.3 is 5.32 Å². The lowest BCUT2D eigenvalue weighted by atomic mass is 9.99. The Balaban J connectivity index is 1.88. The van der Waals surface area contributed by atoms with Gasteiger partial charge in [-0.25, -0.2) is 0 Å². The van der Waals surface area contributed by atoms with Crippen LogP contribution in [-0.4, -0.2) is 22.9 Å². The van der Waals surface area contributed by atoms with Gasteiger partial charge in [0.05, 0.1) is 5.69 Å². The number of nitrogens with zero attached hydrogens (tertiary/aromatic N) is 2. The molecule has 0 saturated carbocycles. The first-order valence-corrected chi connectivity index (χ1v) is 7.46. The van der Waals surface area contributed by atoms with Crippen molar-refractivity contribution in [3.8, 4) is 11.1 Å². The van der Waals surface area contributed by atoms with Gasteiger partial charge in [0.15, 0.2) is 0 Å². The van der Waals surface area contributed by atoms with Gasteiger partial charge in [0.25, 0.3) is 0 Å². The third-order valence-electron chi connectivity index (χ3n) is 4.23. The van der Waals surface area contributed by atoms with E-state index in [1.54, 1.807) is 0 Å². The molecule has 0 bridgehead atoms. The van der Waals surface area contributed by atoms with Gasteiger partial charge in [0, 0.05) is 18.3 Å². The summed E-state index contributed by atoms with van der Waals surface area (Å²) < 4.78 is 2.13. The van der Waals surface area contributed by atoms with Crippen molar-refractivity contribution in [1.82, 2.24) is 15.1 Å². The molecule has 1 saturated heterocycles. The van der Waals surface area contributed by atoms with Crippen LogP contribution in [0.2, 0.25) is 0 Å². The molecule has 1 unspecified atom stereocenters. The zero-order valence-corrected chi connectivity index (χ0v) is 12.6. The Morgan fingerprint density at radius 3 is 2.80 bits per heavy atom. The SMILES string of the molecule is Cc1ccc(-c2cn(CC3CCNC3)nc2C)c(C)c1. The molecule has 0 amide bonds. The molecule has 1 aromatic heterocycles. The van der Waals surface area contributed by atoms with Crippen molar-refractivity contribution >= 4 is 0 Å². The molecule has 1 fully saturated rings. The molecule has 0 spiro atoms. The highest BCUT2D eigenvalue weighted by atomic mass is 15.3. The quantitative estimate of drug-likeness (QED) is 0.928. The molecule has 1 aliphatic rings. The van der Waals surface area contributed by atoms with Gasteiger partial charge in [-0.05, 0) is 57.3 Å². The average molecular weight is 269 g/mol. The van der Waals surface area contributed by atoms with E-state index in [4.69, 9.17) is 5.10 Å². The molecule has 106 valence electrons. The van der Waals surface area contributed by atoms with Crippen molar-refractivity contribution in [1.29, 1.82) is 0 Å². The summed E-state index contributed by atoms with van der Waals surface area (Å²) >= 11 is 0. The van der Waals surface area contributed by atoms with E-state index < -0.39 is 0 Å². The van der Waals surface area contributed by atoms with Crippen molar-refractivity contribution in [3.63, 3.8) is 0 Å². The Labute approximate surface area is 121 Å². The molecule has 3 rings (SSSR count). The first-order valence-electron chi connectivity index (χ1n) is 7.46. The lowest BCUT2D eigenvalue weighted by molar-refractivity contribution is 0.448. The van der Waals surface area contributed by atoms with Crippen LogP contribution >= 0.6 is 0 Å². The maximum Gasteiger partial charge on any atom is 0.0672 e. The summed E-state index contributed by atoms with van der Waals surface area (Å²) in [6.45, 7) is 9.73. The molecule has 2 aromatic rings. The van der Waals surface area contributed by atoms with Crippen molar-refractivity contribution in [3.05, 3.63) is 41.2 Å². The van der Waals surface area contributed by atoms with E-state index in [1.165, 1.54) is 28.7 Å². The van der Waals surface area contributed by atoms with Gasteiger partial charge in [0.1, 0.15) is 0 Å². The number of hydrogen-bond acceptors (Lipinski definition) is 2. The van der Waals surface area contributed by atoms with E-state index in [0.29, 0.717) is 0 Å². The first-order chi connectivity index (χ1) is 9.63. The molecule has 3 heteroatoms. The number of aromatic nitrogens is 2. The van der Waals surface area contributed by atoms with Gasteiger partial charge >= 0.3 is 0 Å². The van der Waals surface area contributed by atoms with E-state index in [1.807, 2.05) is 0 Å². The van der Waals surface area contributed by atoms with Crippen LogP contribution in [-0.2, 0) is 6.54 Å². The molecule has 1 aromatic carbocycles. The van der Waals surface area contributed by atoms with Crippen LogP contribution in [0.1, 0.15) is 23.2 Å². The summed E-state index contributed by atoms with van der Waals surface area (Å²) in [5.41, 5.74) is 6.35. The van der Waals surface area contributed by atoms with Crippen LogP contribution in [0.3, 0.4) is 0 Å². The number of benzene rings is 1. The minimum absolute atomic E-state index is 0.723. The van der Waals surface area contributed by atoms with Gasteiger partial charge in [-0.2, -0.15) is 5.10 Å². The van der Waals surface area contributed by atoms with Crippen LogP contribution in [0.25, 0.3) is 11.1 Å². The number of rotatable bonds is 3. The molecule has 0 aliphatic carbocycles. The number of aryl methyl sites for hydroxylation is 3. The Morgan fingerprint density at radius 2 is 2.10 bits per heavy atom. The Hall–Kier alpha value is -1.61. The molecule has 1 atom stereocenters. The third kappa shape index (κ3) is 2.63. The highest BCUT2D eigenvalue weighted by Crippen LogP contribution is 2.27. The standard InChI is InChI=1S/C17H23N3/c1-12-4-5-16(13(2)8-12)17-11-20(19-14(17)3)10-15-6-7-18-9-15/h4-5,8,11,15,18H,6-7,9-10H2,1-3H3. The van der Waals surface area contributed by atoms with E-state index in [2.05, 4.69) is 55.2 Å². The van der Waals surface area contributed by atoms with Gasteiger partial charge in [0.2, 0.25) is 0 Å². The Kier molecular flexibility index (Phi) is 3.62. The minimum Gasteiger partial charge on any atom is -0.316 e. The fourth-order valence-corrected chi connectivity index (χ4v) is 3.13. The van der Waals surface area contributed by atoms with Crippen molar-refractivity contribution in [2.24, 2.45) is 5.92 Å². The zero-order chi connectivity index (χ0) is 14.1. The largest absolute Gasteiger partial charge is 0.316 e. The van der Waals surface area contributed by atoms with E-state index >= 15 is 0 Å². The smallest absolute Gasteiger partial charge is 0.0672 e. The highest BCUT2D eigenvalue weighted by molar-refractivity contribution is 5.69. The lowest BCUT2D eigenvalue weighted by Gasteiger charge is -2.07. The topological polar surface area (TPSA) is 29.9 Å². The molecular formula is C17H23N3. The lowest BCUT2D eigenvalue weighted by Crippen LogP contribution is -2.14. The van der Waals surface area contributed by atoms with Crippen LogP contribution in [0.5, 0.6) is 0 Å². The number of nitrogens with one attached hydrogen (secondary N) is 1. The van der Waals surface area contributed by atoms with E-state index in [-0.39, 0.29) is 0 Å². The van der Waals surface area contributed by atoms with E-state index in [0.717, 1.165) is 31.2 Å². The third-order valence-corrected chi connectivity index (χ3v) is 4.23. The van der Waals surface area contributed by atoms with E-state index in [9.17, 15) is 0 Å². The highest BCUT2D eigenvalue weighted by Gasteiger charge is 2.17. The summed E-state index contributed by atoms with van der Waals surface area (Å²) in [6, 6.07) is 6.64. The Morgan fingerprint density at radius 1 is 1.25 bits per heavy atom. The summed E-state index contributed by atoms with van der Waals surface area (Å²) in [4.78, 5) is 0. The molecular weight excluding hydrogens is 246 g/mol. The summed E-state index contributed by atoms with van der Waals surface area (Å²) in [6.07, 6.45) is 3.48. The van der Waals surface area contributed by atoms with Crippen LogP contribution in [0.4, 0.5) is 0 Å². The monoisotopic (exact) mass is 269 g/mol. The maximum absolute atomic E-state index is 4.70. The summed E-state index contributed by atoms with van der Waals surface area (Å²) in [7, 11) is 0. The molecule has 2 heterocycles. The second kappa shape index (κ2) is 5.41. The normalized spacial score (nSPS) is 18.6. The first kappa shape index (κ1) is 13.4.